The van der Waals surface area contributed by atoms with Gasteiger partial charge in [0.25, 0.3) is 0 Å². The van der Waals surface area contributed by atoms with Gasteiger partial charge in [-0.3, -0.25) is 0 Å². The lowest BCUT2D eigenvalue weighted by Gasteiger charge is -2.13. The average Bonchev–Trinajstić information content (AvgIpc) is 3.18. The fourth-order valence-corrected chi connectivity index (χ4v) is 4.62. The Balaban J connectivity index is 1.92. The number of aromatic nitrogens is 2. The molecule has 2 aromatic carbocycles. The van der Waals surface area contributed by atoms with E-state index in [1.165, 1.54) is 21.2 Å². The number of hydrogen-bond acceptors (Lipinski definition) is 6. The maximum absolute atomic E-state index is 6.13. The maximum atomic E-state index is 6.13. The van der Waals surface area contributed by atoms with Crippen molar-refractivity contribution in [3.05, 3.63) is 41.3 Å². The van der Waals surface area contributed by atoms with E-state index in [0.29, 0.717) is 12.4 Å². The number of ether oxygens (including phenoxy) is 1. The zero-order valence-electron chi connectivity index (χ0n) is 13.6. The van der Waals surface area contributed by atoms with Crippen molar-refractivity contribution in [2.24, 2.45) is 0 Å². The number of nitrogen functional groups attached to an aromatic ring is 2. The van der Waals surface area contributed by atoms with E-state index in [9.17, 15) is 0 Å². The average molecular weight is 348 g/mol. The van der Waals surface area contributed by atoms with Crippen molar-refractivity contribution < 1.29 is 4.74 Å². The smallest absolute Gasteiger partial charge is 0.222 e. The van der Waals surface area contributed by atoms with Crippen molar-refractivity contribution in [1.82, 2.24) is 9.97 Å². The van der Waals surface area contributed by atoms with Crippen LogP contribution in [-0.4, -0.2) is 16.6 Å². The standard InChI is InChI=1S/C19H16N4OS/c1-9-7-24-17-15(9)11(6-13-16(17)18(20)23-19(21)22-13)12-8-25-14-5-3-2-4-10(12)14/h2-6,8-9H,7H2,1H3,(H4,20,21,22,23). The van der Waals surface area contributed by atoms with Gasteiger partial charge in [0, 0.05) is 27.1 Å². The van der Waals surface area contributed by atoms with Crippen LogP contribution in [0.1, 0.15) is 18.4 Å². The van der Waals surface area contributed by atoms with Crippen LogP contribution in [0.2, 0.25) is 0 Å². The Kier molecular flexibility index (Phi) is 2.93. The summed E-state index contributed by atoms with van der Waals surface area (Å²) in [7, 11) is 0. The van der Waals surface area contributed by atoms with Crippen molar-refractivity contribution in [2.75, 3.05) is 18.1 Å². The molecule has 1 aliphatic rings. The molecule has 0 aliphatic carbocycles. The first-order valence-corrected chi connectivity index (χ1v) is 9.00. The molecular weight excluding hydrogens is 332 g/mol. The van der Waals surface area contributed by atoms with E-state index in [-0.39, 0.29) is 11.9 Å². The van der Waals surface area contributed by atoms with Crippen LogP contribution < -0.4 is 16.2 Å². The minimum Gasteiger partial charge on any atom is -0.492 e. The number of fused-ring (bicyclic) bond motifs is 4. The largest absolute Gasteiger partial charge is 0.492 e. The Bertz CT molecular complexity index is 1150. The summed E-state index contributed by atoms with van der Waals surface area (Å²) in [4.78, 5) is 8.51. The molecule has 3 heterocycles. The summed E-state index contributed by atoms with van der Waals surface area (Å²) in [5.74, 6) is 1.63. The molecule has 2 aromatic heterocycles. The zero-order valence-corrected chi connectivity index (χ0v) is 14.4. The molecule has 5 nitrogen and oxygen atoms in total. The van der Waals surface area contributed by atoms with Crippen LogP contribution in [0.5, 0.6) is 5.75 Å². The number of nitrogens with zero attached hydrogens (tertiary/aromatic N) is 2. The second kappa shape index (κ2) is 5.07. The van der Waals surface area contributed by atoms with Crippen LogP contribution in [0, 0.1) is 0 Å². The van der Waals surface area contributed by atoms with Gasteiger partial charge < -0.3 is 16.2 Å². The molecule has 1 atom stereocenters. The predicted octanol–water partition coefficient (Wildman–Crippen LogP) is 4.17. The molecule has 0 saturated carbocycles. The number of hydrogen-bond donors (Lipinski definition) is 2. The molecule has 0 amide bonds. The van der Waals surface area contributed by atoms with Gasteiger partial charge in [-0.15, -0.1) is 11.3 Å². The lowest BCUT2D eigenvalue weighted by Crippen LogP contribution is -2.02. The van der Waals surface area contributed by atoms with Crippen molar-refractivity contribution in [3.8, 4) is 16.9 Å². The van der Waals surface area contributed by atoms with E-state index in [4.69, 9.17) is 16.2 Å². The second-order valence-electron chi connectivity index (χ2n) is 6.39. The van der Waals surface area contributed by atoms with Gasteiger partial charge in [-0.2, -0.15) is 4.98 Å². The predicted molar refractivity (Wildman–Crippen MR) is 103 cm³/mol. The highest BCUT2D eigenvalue weighted by atomic mass is 32.1. The molecule has 5 rings (SSSR count). The molecular formula is C19H16N4OS. The second-order valence-corrected chi connectivity index (χ2v) is 7.30. The van der Waals surface area contributed by atoms with Crippen molar-refractivity contribution in [3.63, 3.8) is 0 Å². The van der Waals surface area contributed by atoms with Crippen LogP contribution >= 0.6 is 11.3 Å². The number of anilines is 2. The monoisotopic (exact) mass is 348 g/mol. The van der Waals surface area contributed by atoms with E-state index in [0.717, 1.165) is 22.2 Å². The van der Waals surface area contributed by atoms with Gasteiger partial charge in [-0.25, -0.2) is 4.98 Å². The van der Waals surface area contributed by atoms with E-state index in [1.807, 2.05) is 0 Å². The third-order valence-electron chi connectivity index (χ3n) is 4.77. The number of thiophene rings is 1. The van der Waals surface area contributed by atoms with E-state index < -0.39 is 0 Å². The van der Waals surface area contributed by atoms with Gasteiger partial charge in [0.15, 0.2) is 0 Å². The van der Waals surface area contributed by atoms with Gasteiger partial charge in [0.2, 0.25) is 5.95 Å². The molecule has 4 N–H and O–H groups in total. The van der Waals surface area contributed by atoms with Gasteiger partial charge in [0.05, 0.1) is 17.5 Å². The molecule has 0 fully saturated rings. The quantitative estimate of drug-likeness (QED) is 0.539. The number of benzene rings is 2. The van der Waals surface area contributed by atoms with Crippen molar-refractivity contribution >= 4 is 44.1 Å². The van der Waals surface area contributed by atoms with Crippen molar-refractivity contribution in [2.45, 2.75) is 12.8 Å². The third kappa shape index (κ3) is 2.01. The molecule has 6 heteroatoms. The van der Waals surface area contributed by atoms with Crippen molar-refractivity contribution in [1.29, 1.82) is 0 Å². The number of nitrogens with two attached hydrogens (primary N) is 2. The highest BCUT2D eigenvalue weighted by Gasteiger charge is 2.29. The maximum Gasteiger partial charge on any atom is 0.222 e. The van der Waals surface area contributed by atoms with E-state index in [1.54, 1.807) is 11.3 Å². The summed E-state index contributed by atoms with van der Waals surface area (Å²) in [6, 6.07) is 10.5. The molecule has 1 unspecified atom stereocenters. The van der Waals surface area contributed by atoms with Gasteiger partial charge in [-0.05, 0) is 23.1 Å². The minimum absolute atomic E-state index is 0.178. The molecule has 124 valence electrons. The summed E-state index contributed by atoms with van der Waals surface area (Å²) < 4.78 is 7.26. The first-order valence-electron chi connectivity index (χ1n) is 8.12. The summed E-state index contributed by atoms with van der Waals surface area (Å²) in [6.07, 6.45) is 0. The Morgan fingerprint density at radius 3 is 2.88 bits per heavy atom. The Morgan fingerprint density at radius 2 is 2.00 bits per heavy atom. The molecule has 4 aromatic rings. The van der Waals surface area contributed by atoms with Crippen LogP contribution in [-0.2, 0) is 0 Å². The Hall–Kier alpha value is -2.86. The molecule has 1 aliphatic heterocycles. The first-order chi connectivity index (χ1) is 12.1. The Morgan fingerprint density at radius 1 is 1.16 bits per heavy atom. The van der Waals surface area contributed by atoms with Gasteiger partial charge in [-0.1, -0.05) is 25.1 Å². The van der Waals surface area contributed by atoms with Gasteiger partial charge in [0.1, 0.15) is 11.6 Å². The zero-order chi connectivity index (χ0) is 17.1. The minimum atomic E-state index is 0.178. The Labute approximate surface area is 148 Å². The summed E-state index contributed by atoms with van der Waals surface area (Å²) in [5.41, 5.74) is 16.2. The van der Waals surface area contributed by atoms with Crippen LogP contribution in [0.3, 0.4) is 0 Å². The molecule has 0 saturated heterocycles. The molecule has 0 bridgehead atoms. The number of rotatable bonds is 1. The fraction of sp³-hybridized carbons (Fsp3) is 0.158. The lowest BCUT2D eigenvalue weighted by atomic mass is 9.90. The van der Waals surface area contributed by atoms with E-state index in [2.05, 4.69) is 52.6 Å². The first kappa shape index (κ1) is 14.5. The summed E-state index contributed by atoms with van der Waals surface area (Å²) in [5, 5.41) is 4.20. The van der Waals surface area contributed by atoms with Crippen LogP contribution in [0.25, 0.3) is 32.1 Å². The molecule has 0 spiro atoms. The molecule has 0 radical (unpaired) electrons. The fourth-order valence-electron chi connectivity index (χ4n) is 3.66. The lowest BCUT2D eigenvalue weighted by molar-refractivity contribution is 0.340. The summed E-state index contributed by atoms with van der Waals surface area (Å²) >= 11 is 1.74. The summed E-state index contributed by atoms with van der Waals surface area (Å²) in [6.45, 7) is 2.80. The normalized spacial score (nSPS) is 16.3. The van der Waals surface area contributed by atoms with Gasteiger partial charge >= 0.3 is 0 Å². The van der Waals surface area contributed by atoms with Crippen LogP contribution in [0.4, 0.5) is 11.8 Å². The van der Waals surface area contributed by atoms with E-state index >= 15 is 0 Å². The topological polar surface area (TPSA) is 87.0 Å². The third-order valence-corrected chi connectivity index (χ3v) is 5.73. The molecule has 25 heavy (non-hydrogen) atoms. The SMILES string of the molecule is CC1COc2c1c(-c1csc3ccccc13)cc1nc(N)nc(N)c21. The van der Waals surface area contributed by atoms with Crippen LogP contribution in [0.15, 0.2) is 35.7 Å². The highest BCUT2D eigenvalue weighted by Crippen LogP contribution is 2.48. The highest BCUT2D eigenvalue weighted by molar-refractivity contribution is 7.17.